The fourth-order valence-corrected chi connectivity index (χ4v) is 4.34. The molecule has 7 nitrogen and oxygen atoms in total. The van der Waals surface area contributed by atoms with Gasteiger partial charge in [-0.3, -0.25) is 14.5 Å². The van der Waals surface area contributed by atoms with Crippen LogP contribution in [-0.2, 0) is 9.59 Å². The number of anilines is 1. The summed E-state index contributed by atoms with van der Waals surface area (Å²) in [7, 11) is 4.53. The molecule has 1 heterocycles. The summed E-state index contributed by atoms with van der Waals surface area (Å²) in [5.74, 6) is 0.274. The smallest absolute Gasteiger partial charge is 0.266 e. The monoisotopic (exact) mass is 476 g/mol. The number of rotatable bonds is 8. The van der Waals surface area contributed by atoms with Crippen molar-refractivity contribution in [3.63, 3.8) is 0 Å². The van der Waals surface area contributed by atoms with Crippen LogP contribution in [0.2, 0.25) is 0 Å². The Labute approximate surface area is 194 Å². The van der Waals surface area contributed by atoms with Crippen molar-refractivity contribution in [2.24, 2.45) is 0 Å². The van der Waals surface area contributed by atoms with Gasteiger partial charge >= 0.3 is 0 Å². The Morgan fingerprint density at radius 1 is 1.16 bits per heavy atom. The number of nitrogens with one attached hydrogen (secondary N) is 1. The number of carbonyl (C=O) groups excluding carboxylic acids is 2. The van der Waals surface area contributed by atoms with E-state index < -0.39 is 5.82 Å². The maximum atomic E-state index is 13.3. The number of thiocarbonyl (C=S) groups is 1. The predicted molar refractivity (Wildman–Crippen MR) is 126 cm³/mol. The molecule has 0 aliphatic carbocycles. The Morgan fingerprint density at radius 2 is 1.84 bits per heavy atom. The molecule has 1 aliphatic rings. The van der Waals surface area contributed by atoms with E-state index in [2.05, 4.69) is 5.32 Å². The fourth-order valence-electron chi connectivity index (χ4n) is 3.03. The van der Waals surface area contributed by atoms with Crippen LogP contribution in [0.3, 0.4) is 0 Å². The highest BCUT2D eigenvalue weighted by atomic mass is 32.2. The summed E-state index contributed by atoms with van der Waals surface area (Å²) in [6.45, 7) is 0.110. The van der Waals surface area contributed by atoms with Gasteiger partial charge in [0.15, 0.2) is 11.5 Å². The molecule has 1 saturated heterocycles. The molecule has 0 bridgehead atoms. The Kier molecular flexibility index (Phi) is 7.70. The first-order valence-electron chi connectivity index (χ1n) is 9.47. The van der Waals surface area contributed by atoms with E-state index in [9.17, 15) is 14.0 Å². The van der Waals surface area contributed by atoms with E-state index in [1.54, 1.807) is 24.3 Å². The first kappa shape index (κ1) is 23.6. The van der Waals surface area contributed by atoms with Crippen LogP contribution >= 0.6 is 24.0 Å². The topological polar surface area (TPSA) is 77.1 Å². The summed E-state index contributed by atoms with van der Waals surface area (Å²) in [6.07, 6.45) is 1.69. The Balaban J connectivity index is 1.70. The molecule has 1 aliphatic heterocycles. The maximum absolute atomic E-state index is 13.3. The average molecular weight is 477 g/mol. The highest BCUT2D eigenvalue weighted by Crippen LogP contribution is 2.40. The minimum Gasteiger partial charge on any atom is -0.493 e. The molecular weight excluding hydrogens is 455 g/mol. The third-order valence-electron chi connectivity index (χ3n) is 4.53. The molecule has 0 aromatic heterocycles. The van der Waals surface area contributed by atoms with Gasteiger partial charge in [-0.25, -0.2) is 4.39 Å². The lowest BCUT2D eigenvalue weighted by molar-refractivity contribution is -0.122. The maximum Gasteiger partial charge on any atom is 0.266 e. The highest BCUT2D eigenvalue weighted by molar-refractivity contribution is 8.26. The molecule has 10 heteroatoms. The predicted octanol–water partition coefficient (Wildman–Crippen LogP) is 4.08. The Morgan fingerprint density at radius 3 is 2.44 bits per heavy atom. The van der Waals surface area contributed by atoms with Crippen LogP contribution in [0.25, 0.3) is 6.08 Å². The van der Waals surface area contributed by atoms with Crippen molar-refractivity contribution >= 4 is 51.9 Å². The van der Waals surface area contributed by atoms with Gasteiger partial charge in [0.05, 0.1) is 26.2 Å². The fraction of sp³-hybridized carbons (Fsp3) is 0.227. The van der Waals surface area contributed by atoms with Crippen LogP contribution in [0, 0.1) is 5.82 Å². The second kappa shape index (κ2) is 10.5. The van der Waals surface area contributed by atoms with E-state index in [-0.39, 0.29) is 24.8 Å². The summed E-state index contributed by atoms with van der Waals surface area (Å²) in [6, 6.07) is 9.04. The molecule has 3 rings (SSSR count). The van der Waals surface area contributed by atoms with Crippen molar-refractivity contribution < 1.29 is 28.2 Å². The molecule has 2 aromatic rings. The van der Waals surface area contributed by atoms with Gasteiger partial charge in [0, 0.05) is 18.7 Å². The van der Waals surface area contributed by atoms with Crippen LogP contribution in [-0.4, -0.2) is 48.9 Å². The van der Waals surface area contributed by atoms with E-state index in [1.165, 1.54) is 44.4 Å². The number of nitrogens with zero attached hydrogens (tertiary/aromatic N) is 1. The number of hydrogen-bond donors (Lipinski definition) is 1. The minimum atomic E-state index is -0.448. The zero-order valence-corrected chi connectivity index (χ0v) is 19.3. The van der Waals surface area contributed by atoms with Crippen LogP contribution in [0.15, 0.2) is 41.3 Å². The number of thioether (sulfide) groups is 1. The second-order valence-corrected chi connectivity index (χ2v) is 8.28. The molecule has 0 atom stereocenters. The van der Waals surface area contributed by atoms with Crippen molar-refractivity contribution in [2.75, 3.05) is 33.2 Å². The van der Waals surface area contributed by atoms with Gasteiger partial charge in [0.1, 0.15) is 10.1 Å². The van der Waals surface area contributed by atoms with Crippen LogP contribution in [0.5, 0.6) is 17.2 Å². The van der Waals surface area contributed by atoms with Gasteiger partial charge in [-0.15, -0.1) is 0 Å². The third kappa shape index (κ3) is 5.38. The number of benzene rings is 2. The average Bonchev–Trinajstić information content (AvgIpc) is 3.03. The number of carbonyl (C=O) groups is 2. The molecule has 0 radical (unpaired) electrons. The van der Waals surface area contributed by atoms with Gasteiger partial charge in [0.25, 0.3) is 5.91 Å². The normalized spacial score (nSPS) is 14.6. The summed E-state index contributed by atoms with van der Waals surface area (Å²) >= 11 is 6.47. The number of methoxy groups -OCH3 is 3. The van der Waals surface area contributed by atoms with Crippen molar-refractivity contribution in [3.05, 3.63) is 52.7 Å². The molecule has 168 valence electrons. The standard InChI is InChI=1S/C22H21FN2O5S2/c1-28-16-9-13(10-17(29-2)20(16)30-3)11-18-21(27)25(22(31)32-18)8-7-19(26)24-15-6-4-5-14(23)12-15/h4-6,9-12H,7-8H2,1-3H3,(H,24,26). The molecular formula is C22H21FN2O5S2. The summed E-state index contributed by atoms with van der Waals surface area (Å²) in [5, 5.41) is 2.60. The van der Waals surface area contributed by atoms with Gasteiger partial charge in [-0.05, 0) is 42.0 Å². The first-order chi connectivity index (χ1) is 15.4. The molecule has 2 aromatic carbocycles. The number of ether oxygens (including phenoxy) is 3. The summed E-state index contributed by atoms with van der Waals surface area (Å²) in [5.41, 5.74) is 1.02. The van der Waals surface area contributed by atoms with E-state index >= 15 is 0 Å². The van der Waals surface area contributed by atoms with Gasteiger partial charge in [-0.1, -0.05) is 30.0 Å². The zero-order valence-electron chi connectivity index (χ0n) is 17.6. The first-order valence-corrected chi connectivity index (χ1v) is 10.7. The van der Waals surface area contributed by atoms with Crippen molar-refractivity contribution in [2.45, 2.75) is 6.42 Å². The molecule has 1 fully saturated rings. The zero-order chi connectivity index (χ0) is 23.3. The van der Waals surface area contributed by atoms with Crippen molar-refractivity contribution in [1.82, 2.24) is 4.90 Å². The number of hydrogen-bond acceptors (Lipinski definition) is 7. The van der Waals surface area contributed by atoms with E-state index in [1.807, 2.05) is 0 Å². The third-order valence-corrected chi connectivity index (χ3v) is 5.91. The van der Waals surface area contributed by atoms with Crippen LogP contribution in [0.4, 0.5) is 10.1 Å². The minimum absolute atomic E-state index is 0.0143. The van der Waals surface area contributed by atoms with Gasteiger partial charge in [-0.2, -0.15) is 0 Å². The molecule has 0 spiro atoms. The molecule has 0 unspecified atom stereocenters. The lowest BCUT2D eigenvalue weighted by Crippen LogP contribution is -2.31. The van der Waals surface area contributed by atoms with E-state index in [4.69, 9.17) is 26.4 Å². The SMILES string of the molecule is COc1cc(C=C2SC(=S)N(CCC(=O)Nc3cccc(F)c3)C2=O)cc(OC)c1OC. The van der Waals surface area contributed by atoms with E-state index in [0.717, 1.165) is 11.8 Å². The van der Waals surface area contributed by atoms with E-state index in [0.29, 0.717) is 37.7 Å². The number of halogens is 1. The lowest BCUT2D eigenvalue weighted by atomic mass is 10.1. The molecule has 0 saturated carbocycles. The van der Waals surface area contributed by atoms with Gasteiger partial charge < -0.3 is 19.5 Å². The second-order valence-electron chi connectivity index (χ2n) is 6.60. The summed E-state index contributed by atoms with van der Waals surface area (Å²) < 4.78 is 29.6. The quantitative estimate of drug-likeness (QED) is 0.454. The molecule has 1 N–H and O–H groups in total. The molecule has 2 amide bonds. The largest absolute Gasteiger partial charge is 0.493 e. The molecule has 32 heavy (non-hydrogen) atoms. The van der Waals surface area contributed by atoms with Crippen LogP contribution in [0.1, 0.15) is 12.0 Å². The number of amides is 2. The highest BCUT2D eigenvalue weighted by Gasteiger charge is 2.32. The Hall–Kier alpha value is -3.11. The van der Waals surface area contributed by atoms with Gasteiger partial charge in [0.2, 0.25) is 11.7 Å². The Bertz CT molecular complexity index is 1060. The van der Waals surface area contributed by atoms with Crippen molar-refractivity contribution in [1.29, 1.82) is 0 Å². The summed E-state index contributed by atoms with van der Waals surface area (Å²) in [4.78, 5) is 26.8. The van der Waals surface area contributed by atoms with Crippen molar-refractivity contribution in [3.8, 4) is 17.2 Å². The van der Waals surface area contributed by atoms with Crippen LogP contribution < -0.4 is 19.5 Å². The lowest BCUT2D eigenvalue weighted by Gasteiger charge is -2.14.